The van der Waals surface area contributed by atoms with Crippen molar-refractivity contribution in [1.29, 1.82) is 0 Å². The molecule has 0 amide bonds. The molecule has 0 aliphatic carbocycles. The number of anilines is 1. The average Bonchev–Trinajstić information content (AvgIpc) is 3.41. The first-order chi connectivity index (χ1) is 14.2. The van der Waals surface area contributed by atoms with Crippen molar-refractivity contribution in [2.45, 2.75) is 31.4 Å². The predicted molar refractivity (Wildman–Crippen MR) is 112 cm³/mol. The molecule has 2 fully saturated rings. The van der Waals surface area contributed by atoms with Gasteiger partial charge in [-0.3, -0.25) is 4.79 Å². The van der Waals surface area contributed by atoms with E-state index in [0.29, 0.717) is 11.9 Å². The van der Waals surface area contributed by atoms with Crippen LogP contribution in [0.15, 0.2) is 47.7 Å². The molecule has 0 spiro atoms. The molecule has 152 valence electrons. The van der Waals surface area contributed by atoms with E-state index < -0.39 is 0 Å². The Bertz CT molecular complexity index is 1060. The summed E-state index contributed by atoms with van der Waals surface area (Å²) in [5.41, 5.74) is 1.15. The van der Waals surface area contributed by atoms with Gasteiger partial charge in [0.2, 0.25) is 0 Å². The number of hydrogen-bond acceptors (Lipinski definition) is 5. The molecule has 1 atom stereocenters. The SMILES string of the molecule is Cn1ccnc(N2CCC(Oc3cccc4c3ccn4C3CCOC3)CC2)c1=O. The highest BCUT2D eigenvalue weighted by molar-refractivity contribution is 5.86. The number of rotatable bonds is 4. The fraction of sp³-hybridized carbons (Fsp3) is 0.455. The van der Waals surface area contributed by atoms with Gasteiger partial charge in [-0.25, -0.2) is 4.98 Å². The van der Waals surface area contributed by atoms with Crippen molar-refractivity contribution in [2.75, 3.05) is 31.2 Å². The van der Waals surface area contributed by atoms with Gasteiger partial charge in [-0.15, -0.1) is 0 Å². The van der Waals surface area contributed by atoms with E-state index in [-0.39, 0.29) is 11.7 Å². The van der Waals surface area contributed by atoms with Gasteiger partial charge in [-0.05, 0) is 24.6 Å². The monoisotopic (exact) mass is 394 g/mol. The van der Waals surface area contributed by atoms with Crippen LogP contribution in [0.1, 0.15) is 25.3 Å². The highest BCUT2D eigenvalue weighted by Crippen LogP contribution is 2.32. The Balaban J connectivity index is 1.30. The first-order valence-corrected chi connectivity index (χ1v) is 10.3. The third kappa shape index (κ3) is 3.40. The molecule has 7 heteroatoms. The van der Waals surface area contributed by atoms with Gasteiger partial charge in [0.25, 0.3) is 5.56 Å². The third-order valence-corrected chi connectivity index (χ3v) is 6.06. The van der Waals surface area contributed by atoms with Crippen LogP contribution in [0.2, 0.25) is 0 Å². The van der Waals surface area contributed by atoms with Crippen LogP contribution in [-0.2, 0) is 11.8 Å². The molecule has 1 aromatic carbocycles. The average molecular weight is 394 g/mol. The number of hydrogen-bond donors (Lipinski definition) is 0. The lowest BCUT2D eigenvalue weighted by Gasteiger charge is -2.32. The Labute approximate surface area is 169 Å². The zero-order valence-corrected chi connectivity index (χ0v) is 16.7. The summed E-state index contributed by atoms with van der Waals surface area (Å²) in [4.78, 5) is 18.7. The van der Waals surface area contributed by atoms with Crippen LogP contribution in [0.25, 0.3) is 10.9 Å². The Morgan fingerprint density at radius 2 is 2.00 bits per heavy atom. The normalized spacial score (nSPS) is 20.4. The zero-order chi connectivity index (χ0) is 19.8. The standard InChI is InChI=1S/C22H26N4O3/c1-24-13-9-23-21(22(24)27)25-10-5-17(6-11-25)29-20-4-2-3-19-18(20)7-12-26(19)16-8-14-28-15-16/h2-4,7,9,12-13,16-17H,5-6,8,10-11,14-15H2,1H3. The number of nitrogens with zero attached hydrogens (tertiary/aromatic N) is 4. The highest BCUT2D eigenvalue weighted by Gasteiger charge is 2.25. The summed E-state index contributed by atoms with van der Waals surface area (Å²) in [6.45, 7) is 3.15. The lowest BCUT2D eigenvalue weighted by atomic mass is 10.1. The Morgan fingerprint density at radius 1 is 1.14 bits per heavy atom. The van der Waals surface area contributed by atoms with E-state index in [1.807, 2.05) is 0 Å². The van der Waals surface area contributed by atoms with Crippen LogP contribution in [0.4, 0.5) is 5.82 Å². The molecular weight excluding hydrogens is 368 g/mol. The van der Waals surface area contributed by atoms with Crippen LogP contribution in [0.3, 0.4) is 0 Å². The topological polar surface area (TPSA) is 61.5 Å². The van der Waals surface area contributed by atoms with Crippen LogP contribution in [-0.4, -0.2) is 46.5 Å². The largest absolute Gasteiger partial charge is 0.490 e. The molecule has 2 aromatic heterocycles. The Hall–Kier alpha value is -2.80. The number of ether oxygens (including phenoxy) is 2. The van der Waals surface area contributed by atoms with Crippen LogP contribution in [0, 0.1) is 0 Å². The Morgan fingerprint density at radius 3 is 2.79 bits per heavy atom. The molecule has 2 saturated heterocycles. The second kappa shape index (κ2) is 7.55. The predicted octanol–water partition coefficient (Wildman–Crippen LogP) is 2.74. The molecule has 2 aliphatic rings. The van der Waals surface area contributed by atoms with Gasteiger partial charge in [0, 0.05) is 63.6 Å². The number of piperidine rings is 1. The molecule has 7 nitrogen and oxygen atoms in total. The fourth-order valence-corrected chi connectivity index (χ4v) is 4.39. The number of aryl methyl sites for hydroxylation is 1. The van der Waals surface area contributed by atoms with Crippen LogP contribution < -0.4 is 15.2 Å². The molecule has 5 rings (SSSR count). The molecule has 0 N–H and O–H groups in total. The second-order valence-corrected chi connectivity index (χ2v) is 7.90. The molecule has 1 unspecified atom stereocenters. The molecule has 4 heterocycles. The first-order valence-electron chi connectivity index (χ1n) is 10.3. The fourth-order valence-electron chi connectivity index (χ4n) is 4.39. The van der Waals surface area contributed by atoms with Crippen LogP contribution in [0.5, 0.6) is 5.75 Å². The minimum Gasteiger partial charge on any atom is -0.490 e. The minimum atomic E-state index is -0.0473. The maximum Gasteiger partial charge on any atom is 0.293 e. The van der Waals surface area contributed by atoms with E-state index in [1.54, 1.807) is 24.0 Å². The van der Waals surface area contributed by atoms with Gasteiger partial charge in [0.05, 0.1) is 18.2 Å². The van der Waals surface area contributed by atoms with E-state index in [2.05, 4.69) is 44.9 Å². The van der Waals surface area contributed by atoms with Crippen molar-refractivity contribution >= 4 is 16.7 Å². The van der Waals surface area contributed by atoms with Gasteiger partial charge in [-0.2, -0.15) is 0 Å². The number of benzene rings is 1. The van der Waals surface area contributed by atoms with Gasteiger partial charge < -0.3 is 23.5 Å². The molecule has 0 bridgehead atoms. The van der Waals surface area contributed by atoms with Crippen molar-refractivity contribution in [3.8, 4) is 5.75 Å². The van der Waals surface area contributed by atoms with E-state index in [0.717, 1.165) is 56.7 Å². The maximum absolute atomic E-state index is 12.3. The smallest absolute Gasteiger partial charge is 0.293 e. The highest BCUT2D eigenvalue weighted by atomic mass is 16.5. The number of fused-ring (bicyclic) bond motifs is 1. The summed E-state index contributed by atoms with van der Waals surface area (Å²) < 4.78 is 15.9. The van der Waals surface area contributed by atoms with Gasteiger partial charge in [0.15, 0.2) is 5.82 Å². The van der Waals surface area contributed by atoms with Crippen molar-refractivity contribution < 1.29 is 9.47 Å². The summed E-state index contributed by atoms with van der Waals surface area (Å²) in [7, 11) is 1.76. The van der Waals surface area contributed by atoms with E-state index in [1.165, 1.54) is 5.52 Å². The molecule has 0 radical (unpaired) electrons. The van der Waals surface area contributed by atoms with Gasteiger partial charge in [-0.1, -0.05) is 6.07 Å². The minimum absolute atomic E-state index is 0.0473. The van der Waals surface area contributed by atoms with E-state index in [4.69, 9.17) is 9.47 Å². The molecule has 3 aromatic rings. The quantitative estimate of drug-likeness (QED) is 0.681. The summed E-state index contributed by atoms with van der Waals surface area (Å²) >= 11 is 0. The van der Waals surface area contributed by atoms with Gasteiger partial charge in [0.1, 0.15) is 11.9 Å². The van der Waals surface area contributed by atoms with Crippen LogP contribution >= 0.6 is 0 Å². The lowest BCUT2D eigenvalue weighted by molar-refractivity contribution is 0.173. The molecule has 0 saturated carbocycles. The summed E-state index contributed by atoms with van der Waals surface area (Å²) in [5.74, 6) is 1.47. The molecule has 29 heavy (non-hydrogen) atoms. The van der Waals surface area contributed by atoms with Crippen molar-refractivity contribution in [3.63, 3.8) is 0 Å². The van der Waals surface area contributed by atoms with E-state index >= 15 is 0 Å². The lowest BCUT2D eigenvalue weighted by Crippen LogP contribution is -2.41. The number of aromatic nitrogens is 3. The first kappa shape index (κ1) is 18.2. The summed E-state index contributed by atoms with van der Waals surface area (Å²) in [5, 5.41) is 1.15. The maximum atomic E-state index is 12.3. The van der Waals surface area contributed by atoms with Gasteiger partial charge >= 0.3 is 0 Å². The van der Waals surface area contributed by atoms with Crippen molar-refractivity contribution in [2.24, 2.45) is 7.05 Å². The molecule has 2 aliphatic heterocycles. The summed E-state index contributed by atoms with van der Waals surface area (Å²) in [6.07, 6.45) is 8.45. The second-order valence-electron chi connectivity index (χ2n) is 7.90. The Kier molecular flexibility index (Phi) is 4.75. The zero-order valence-electron chi connectivity index (χ0n) is 16.7. The van der Waals surface area contributed by atoms with Crippen molar-refractivity contribution in [3.05, 3.63) is 53.2 Å². The van der Waals surface area contributed by atoms with Crippen molar-refractivity contribution in [1.82, 2.24) is 14.1 Å². The van der Waals surface area contributed by atoms with E-state index in [9.17, 15) is 4.79 Å². The summed E-state index contributed by atoms with van der Waals surface area (Å²) in [6, 6.07) is 8.83. The third-order valence-electron chi connectivity index (χ3n) is 6.06. The molecular formula is C22H26N4O3.